The number of ether oxygens (including phenoxy) is 1. The van der Waals surface area contributed by atoms with Gasteiger partial charge in [0.15, 0.2) is 0 Å². The van der Waals surface area contributed by atoms with Crippen LogP contribution in [-0.2, 0) is 5.60 Å². The van der Waals surface area contributed by atoms with Gasteiger partial charge in [0, 0.05) is 31.1 Å². The molecule has 3 aromatic carbocycles. The molecule has 180 valence electrons. The van der Waals surface area contributed by atoms with Crippen LogP contribution in [0.1, 0.15) is 36.8 Å². The van der Waals surface area contributed by atoms with Crippen molar-refractivity contribution >= 4 is 15.9 Å². The second-order valence-electron chi connectivity index (χ2n) is 9.84. The van der Waals surface area contributed by atoms with Gasteiger partial charge >= 0.3 is 0 Å². The summed E-state index contributed by atoms with van der Waals surface area (Å²) < 4.78 is 8.20. The number of fused-ring (bicyclic) bond motifs is 3. The van der Waals surface area contributed by atoms with Crippen LogP contribution in [0.3, 0.4) is 0 Å². The second-order valence-corrected chi connectivity index (χ2v) is 10.7. The minimum absolute atomic E-state index is 0. The summed E-state index contributed by atoms with van der Waals surface area (Å²) in [4.78, 5) is 0. The molecule has 5 heteroatoms. The molecule has 3 saturated heterocycles. The molecule has 1 N–H and O–H groups in total. The lowest BCUT2D eigenvalue weighted by Crippen LogP contribution is -3.00. The molecule has 3 fully saturated rings. The molecular weight excluding hydrogens is 554 g/mol. The van der Waals surface area contributed by atoms with Crippen LogP contribution in [0, 0.1) is 5.41 Å². The van der Waals surface area contributed by atoms with Crippen molar-refractivity contribution in [2.75, 3.05) is 32.8 Å². The van der Waals surface area contributed by atoms with Crippen LogP contribution in [0.2, 0.25) is 0 Å². The van der Waals surface area contributed by atoms with Crippen LogP contribution in [0.15, 0.2) is 89.4 Å². The van der Waals surface area contributed by atoms with E-state index in [1.54, 1.807) is 0 Å². The summed E-state index contributed by atoms with van der Waals surface area (Å²) in [5.41, 5.74) is 0.996. The fourth-order valence-corrected chi connectivity index (χ4v) is 6.62. The Morgan fingerprint density at radius 1 is 0.794 bits per heavy atom. The number of rotatable bonds is 8. The maximum Gasteiger partial charge on any atom is 0.133 e. The SMILES string of the molecule is OC(c1ccccc1)(c1ccccc1)C12CC[N+](CCCOc3ccccc3Br)(CC1)CC2.[Br-]. The van der Waals surface area contributed by atoms with Gasteiger partial charge in [0.05, 0.1) is 37.3 Å². The summed E-state index contributed by atoms with van der Waals surface area (Å²) in [7, 11) is 0. The van der Waals surface area contributed by atoms with Crippen molar-refractivity contribution in [3.8, 4) is 5.75 Å². The highest BCUT2D eigenvalue weighted by atomic mass is 79.9. The Balaban J connectivity index is 0.00000274. The highest BCUT2D eigenvalue weighted by molar-refractivity contribution is 9.10. The lowest BCUT2D eigenvalue weighted by Gasteiger charge is -2.60. The molecule has 6 rings (SSSR count). The zero-order valence-corrected chi connectivity index (χ0v) is 22.7. The van der Waals surface area contributed by atoms with E-state index in [9.17, 15) is 5.11 Å². The zero-order chi connectivity index (χ0) is 22.8. The first-order chi connectivity index (χ1) is 16.1. The molecule has 3 aromatic rings. The number of nitrogens with zero attached hydrogens (tertiary/aromatic N) is 1. The van der Waals surface area contributed by atoms with Crippen molar-refractivity contribution < 1.29 is 31.3 Å². The average molecular weight is 587 g/mol. The maximum absolute atomic E-state index is 12.5. The summed E-state index contributed by atoms with van der Waals surface area (Å²) >= 11 is 3.57. The number of para-hydroxylation sites is 1. The highest BCUT2D eigenvalue weighted by Crippen LogP contribution is 2.57. The molecule has 3 nitrogen and oxygen atoms in total. The van der Waals surface area contributed by atoms with Crippen molar-refractivity contribution in [1.82, 2.24) is 0 Å². The van der Waals surface area contributed by atoms with Crippen LogP contribution < -0.4 is 21.7 Å². The van der Waals surface area contributed by atoms with Gasteiger partial charge in [-0.05, 0) is 39.2 Å². The fraction of sp³-hybridized carbons (Fsp3) is 0.379. The first kappa shape index (κ1) is 25.4. The third-order valence-electron chi connectivity index (χ3n) is 8.22. The topological polar surface area (TPSA) is 29.5 Å². The van der Waals surface area contributed by atoms with Crippen LogP contribution in [-0.4, -0.2) is 42.4 Å². The Kier molecular flexibility index (Phi) is 7.88. The van der Waals surface area contributed by atoms with E-state index in [1.807, 2.05) is 36.4 Å². The van der Waals surface area contributed by atoms with Crippen LogP contribution in [0.5, 0.6) is 5.75 Å². The Morgan fingerprint density at radius 3 is 1.82 bits per heavy atom. The Hall–Kier alpha value is -1.66. The van der Waals surface area contributed by atoms with E-state index in [4.69, 9.17) is 4.74 Å². The van der Waals surface area contributed by atoms with Gasteiger partial charge < -0.3 is 31.3 Å². The smallest absolute Gasteiger partial charge is 0.133 e. The molecule has 0 unspecified atom stereocenters. The van der Waals surface area contributed by atoms with E-state index in [2.05, 4.69) is 64.5 Å². The van der Waals surface area contributed by atoms with Crippen molar-refractivity contribution in [3.05, 3.63) is 101 Å². The van der Waals surface area contributed by atoms with Gasteiger partial charge in [-0.25, -0.2) is 0 Å². The van der Waals surface area contributed by atoms with E-state index in [0.29, 0.717) is 0 Å². The standard InChI is InChI=1S/C29H33BrNO2.BrH/c30-26-14-7-8-15-27(26)33-23-9-19-31-20-16-28(17-21-31,18-22-31)29(32,24-10-3-1-4-11-24)25-12-5-2-6-13-25;/h1-8,10-15,32H,9,16-23H2;1H/q+1;/p-1. The van der Waals surface area contributed by atoms with E-state index < -0.39 is 5.60 Å². The van der Waals surface area contributed by atoms with Crippen LogP contribution >= 0.6 is 15.9 Å². The minimum Gasteiger partial charge on any atom is -1.00 e. The zero-order valence-electron chi connectivity index (χ0n) is 19.5. The predicted octanol–water partition coefficient (Wildman–Crippen LogP) is 3.16. The molecule has 0 aromatic heterocycles. The van der Waals surface area contributed by atoms with E-state index in [-0.39, 0.29) is 22.4 Å². The van der Waals surface area contributed by atoms with Gasteiger partial charge in [-0.3, -0.25) is 0 Å². The summed E-state index contributed by atoms with van der Waals surface area (Å²) in [6.45, 7) is 5.30. The summed E-state index contributed by atoms with van der Waals surface area (Å²) in [6.07, 6.45) is 4.21. The molecular formula is C29H33Br2NO2. The monoisotopic (exact) mass is 585 g/mol. The molecule has 0 amide bonds. The lowest BCUT2D eigenvalue weighted by atomic mass is 9.56. The molecule has 0 aliphatic carbocycles. The molecule has 0 atom stereocenters. The fourth-order valence-electron chi connectivity index (χ4n) is 6.22. The lowest BCUT2D eigenvalue weighted by molar-refractivity contribution is -0.946. The quantitative estimate of drug-likeness (QED) is 0.325. The highest BCUT2D eigenvalue weighted by Gasteiger charge is 2.60. The van der Waals surface area contributed by atoms with Gasteiger partial charge in [0.2, 0.25) is 0 Å². The van der Waals surface area contributed by atoms with E-state index >= 15 is 0 Å². The molecule has 2 bridgehead atoms. The predicted molar refractivity (Wildman–Crippen MR) is 136 cm³/mol. The molecule has 3 heterocycles. The van der Waals surface area contributed by atoms with Crippen molar-refractivity contribution in [1.29, 1.82) is 0 Å². The largest absolute Gasteiger partial charge is 1.00 e. The van der Waals surface area contributed by atoms with Gasteiger partial charge in [0.1, 0.15) is 11.4 Å². The average Bonchev–Trinajstić information content (AvgIpc) is 2.89. The Labute approximate surface area is 222 Å². The van der Waals surface area contributed by atoms with Crippen molar-refractivity contribution in [2.24, 2.45) is 5.41 Å². The molecule has 34 heavy (non-hydrogen) atoms. The Morgan fingerprint density at radius 2 is 1.29 bits per heavy atom. The van der Waals surface area contributed by atoms with Gasteiger partial charge in [-0.2, -0.15) is 0 Å². The second kappa shape index (κ2) is 10.5. The summed E-state index contributed by atoms with van der Waals surface area (Å²) in [5.74, 6) is 0.921. The number of quaternary nitrogens is 1. The van der Waals surface area contributed by atoms with Gasteiger partial charge in [-0.15, -0.1) is 0 Å². The third kappa shape index (κ3) is 4.60. The molecule has 0 radical (unpaired) electrons. The third-order valence-corrected chi connectivity index (χ3v) is 8.87. The van der Waals surface area contributed by atoms with E-state index in [0.717, 1.165) is 79.8 Å². The number of aliphatic hydroxyl groups is 1. The molecule has 3 aliphatic heterocycles. The molecule has 0 spiro atoms. The van der Waals surface area contributed by atoms with Gasteiger partial charge in [0.25, 0.3) is 0 Å². The van der Waals surface area contributed by atoms with E-state index in [1.165, 1.54) is 4.48 Å². The number of piperidine rings is 3. The Bertz CT molecular complexity index is 1010. The molecule has 3 aliphatic rings. The van der Waals surface area contributed by atoms with Crippen molar-refractivity contribution in [2.45, 2.75) is 31.3 Å². The first-order valence-corrected chi connectivity index (χ1v) is 12.9. The van der Waals surface area contributed by atoms with Crippen LogP contribution in [0.4, 0.5) is 0 Å². The summed E-state index contributed by atoms with van der Waals surface area (Å²) in [6, 6.07) is 28.7. The van der Waals surface area contributed by atoms with Crippen LogP contribution in [0.25, 0.3) is 0 Å². The maximum atomic E-state index is 12.5. The number of hydrogen-bond acceptors (Lipinski definition) is 2. The molecule has 0 saturated carbocycles. The summed E-state index contributed by atoms with van der Waals surface area (Å²) in [5, 5.41) is 12.5. The number of hydrogen-bond donors (Lipinski definition) is 1. The van der Waals surface area contributed by atoms with Gasteiger partial charge in [-0.1, -0.05) is 72.8 Å². The minimum atomic E-state index is -0.950. The number of benzene rings is 3. The number of halogens is 2. The van der Waals surface area contributed by atoms with Crippen molar-refractivity contribution in [3.63, 3.8) is 0 Å². The normalized spacial score (nSPS) is 23.8. The first-order valence-electron chi connectivity index (χ1n) is 12.1.